The molecule has 0 unspecified atom stereocenters. The van der Waals surface area contributed by atoms with Crippen LogP contribution in [0.1, 0.15) is 33.3 Å². The zero-order chi connectivity index (χ0) is 20.6. The largest absolute Gasteiger partial charge is 0.494 e. The molecule has 0 fully saturated rings. The summed E-state index contributed by atoms with van der Waals surface area (Å²) in [5.41, 5.74) is 3.50. The molecular formula is C24H23NO3S. The molecule has 0 aliphatic heterocycles. The monoisotopic (exact) mass is 405 g/mol. The molecule has 0 saturated heterocycles. The number of hydrogen-bond acceptors (Lipinski definition) is 5. The first-order valence-corrected chi connectivity index (χ1v) is 10.5. The van der Waals surface area contributed by atoms with Gasteiger partial charge in [0, 0.05) is 16.5 Å². The van der Waals surface area contributed by atoms with Crippen LogP contribution in [-0.2, 0) is 5.41 Å². The zero-order valence-electron chi connectivity index (χ0n) is 17.0. The first kappa shape index (κ1) is 19.4. The Balaban J connectivity index is 1.73. The van der Waals surface area contributed by atoms with Crippen LogP contribution in [-0.4, -0.2) is 11.6 Å². The summed E-state index contributed by atoms with van der Waals surface area (Å²) in [5, 5.41) is 2.48. The fraction of sp³-hybridized carbons (Fsp3) is 0.250. The Labute approximate surface area is 173 Å². The number of rotatable bonds is 4. The number of hydrogen-bond donors (Lipinski definition) is 0. The number of ether oxygens (including phenoxy) is 1. The average molecular weight is 406 g/mol. The summed E-state index contributed by atoms with van der Waals surface area (Å²) in [4.78, 5) is 18.1. The SMILES string of the molecule is CCOc1ccc(-c2csc3nc(-c4ccc(C(C)(C)C)cc4)oc(=O)c23)cc1. The fourth-order valence-corrected chi connectivity index (χ4v) is 4.16. The van der Waals surface area contributed by atoms with Gasteiger partial charge in [0.1, 0.15) is 16.0 Å². The standard InChI is InChI=1S/C24H23NO3S/c1-5-27-18-12-8-15(9-13-18)19-14-29-22-20(19)23(26)28-21(25-22)16-6-10-17(11-7-16)24(2,3)4/h6-14H,5H2,1-4H3. The van der Waals surface area contributed by atoms with E-state index in [9.17, 15) is 4.79 Å². The molecule has 4 aromatic rings. The Morgan fingerprint density at radius 2 is 1.66 bits per heavy atom. The third kappa shape index (κ3) is 3.83. The Hall–Kier alpha value is -2.92. The highest BCUT2D eigenvalue weighted by atomic mass is 32.1. The van der Waals surface area contributed by atoms with Crippen LogP contribution in [0, 0.1) is 0 Å². The molecule has 29 heavy (non-hydrogen) atoms. The van der Waals surface area contributed by atoms with E-state index in [-0.39, 0.29) is 11.0 Å². The minimum Gasteiger partial charge on any atom is -0.494 e. The molecule has 0 amide bonds. The van der Waals surface area contributed by atoms with E-state index in [0.717, 1.165) is 22.4 Å². The Morgan fingerprint density at radius 3 is 2.28 bits per heavy atom. The zero-order valence-corrected chi connectivity index (χ0v) is 17.8. The Bertz CT molecular complexity index is 1200. The second-order valence-corrected chi connectivity index (χ2v) is 8.78. The van der Waals surface area contributed by atoms with Crippen molar-refractivity contribution in [2.45, 2.75) is 33.1 Å². The average Bonchev–Trinajstić information content (AvgIpc) is 3.13. The summed E-state index contributed by atoms with van der Waals surface area (Å²) < 4.78 is 11.1. The van der Waals surface area contributed by atoms with Gasteiger partial charge in [0.15, 0.2) is 0 Å². The summed E-state index contributed by atoms with van der Waals surface area (Å²) in [6, 6.07) is 15.7. The van der Waals surface area contributed by atoms with Gasteiger partial charge in [-0.3, -0.25) is 0 Å². The summed E-state index contributed by atoms with van der Waals surface area (Å²) in [7, 11) is 0. The molecule has 0 aliphatic carbocycles. The van der Waals surface area contributed by atoms with E-state index in [0.29, 0.717) is 22.7 Å². The lowest BCUT2D eigenvalue weighted by Gasteiger charge is -2.18. The van der Waals surface area contributed by atoms with Crippen molar-refractivity contribution in [2.75, 3.05) is 6.61 Å². The van der Waals surface area contributed by atoms with Crippen LogP contribution in [0.15, 0.2) is 63.1 Å². The van der Waals surface area contributed by atoms with Gasteiger partial charge in [0.2, 0.25) is 5.89 Å². The van der Waals surface area contributed by atoms with Crippen LogP contribution in [0.25, 0.3) is 32.8 Å². The van der Waals surface area contributed by atoms with Crippen LogP contribution in [0.2, 0.25) is 0 Å². The van der Waals surface area contributed by atoms with Crippen LogP contribution in [0.3, 0.4) is 0 Å². The quantitative estimate of drug-likeness (QED) is 0.401. The number of nitrogens with zero attached hydrogens (tertiary/aromatic N) is 1. The second-order valence-electron chi connectivity index (χ2n) is 7.92. The molecule has 148 valence electrons. The summed E-state index contributed by atoms with van der Waals surface area (Å²) in [6.07, 6.45) is 0. The lowest BCUT2D eigenvalue weighted by molar-refractivity contribution is 0.340. The number of thiophene rings is 1. The van der Waals surface area contributed by atoms with Gasteiger partial charge in [0.05, 0.1) is 6.61 Å². The predicted molar refractivity (Wildman–Crippen MR) is 119 cm³/mol. The van der Waals surface area contributed by atoms with Crippen LogP contribution in [0.5, 0.6) is 5.75 Å². The van der Waals surface area contributed by atoms with Gasteiger partial charge >= 0.3 is 5.63 Å². The maximum atomic E-state index is 12.8. The van der Waals surface area contributed by atoms with E-state index in [1.165, 1.54) is 16.9 Å². The molecule has 0 bridgehead atoms. The van der Waals surface area contributed by atoms with E-state index in [1.54, 1.807) is 0 Å². The van der Waals surface area contributed by atoms with E-state index < -0.39 is 0 Å². The van der Waals surface area contributed by atoms with Crippen molar-refractivity contribution in [3.05, 3.63) is 69.9 Å². The van der Waals surface area contributed by atoms with Crippen molar-refractivity contribution in [3.63, 3.8) is 0 Å². The van der Waals surface area contributed by atoms with Crippen molar-refractivity contribution in [1.29, 1.82) is 0 Å². The summed E-state index contributed by atoms with van der Waals surface area (Å²) >= 11 is 1.45. The third-order valence-corrected chi connectivity index (χ3v) is 5.71. The molecule has 2 aromatic carbocycles. The molecule has 0 saturated carbocycles. The third-order valence-electron chi connectivity index (χ3n) is 4.84. The van der Waals surface area contributed by atoms with Crippen LogP contribution < -0.4 is 10.4 Å². The van der Waals surface area contributed by atoms with Crippen molar-refractivity contribution in [3.8, 4) is 28.3 Å². The highest BCUT2D eigenvalue weighted by molar-refractivity contribution is 7.17. The minimum absolute atomic E-state index is 0.0666. The molecule has 2 heterocycles. The molecule has 2 aromatic heterocycles. The normalized spacial score (nSPS) is 11.7. The van der Waals surface area contributed by atoms with Crippen LogP contribution in [0.4, 0.5) is 0 Å². The first-order chi connectivity index (χ1) is 13.9. The van der Waals surface area contributed by atoms with Gasteiger partial charge in [-0.15, -0.1) is 11.3 Å². The van der Waals surface area contributed by atoms with Crippen molar-refractivity contribution >= 4 is 21.6 Å². The fourth-order valence-electron chi connectivity index (χ4n) is 3.23. The van der Waals surface area contributed by atoms with Gasteiger partial charge in [-0.1, -0.05) is 45.0 Å². The maximum absolute atomic E-state index is 12.8. The number of aromatic nitrogens is 1. The lowest BCUT2D eigenvalue weighted by atomic mass is 9.87. The molecule has 0 aliphatic rings. The molecule has 5 heteroatoms. The lowest BCUT2D eigenvalue weighted by Crippen LogP contribution is -2.10. The first-order valence-electron chi connectivity index (χ1n) is 9.63. The number of benzene rings is 2. The highest BCUT2D eigenvalue weighted by Crippen LogP contribution is 2.33. The van der Waals surface area contributed by atoms with Gasteiger partial charge in [-0.2, -0.15) is 0 Å². The highest BCUT2D eigenvalue weighted by Gasteiger charge is 2.17. The topological polar surface area (TPSA) is 52.3 Å². The minimum atomic E-state index is -0.366. The Kier molecular flexibility index (Phi) is 5.01. The van der Waals surface area contributed by atoms with Crippen molar-refractivity contribution in [2.24, 2.45) is 0 Å². The smallest absolute Gasteiger partial charge is 0.348 e. The van der Waals surface area contributed by atoms with Crippen LogP contribution >= 0.6 is 11.3 Å². The molecule has 4 rings (SSSR count). The van der Waals surface area contributed by atoms with Gasteiger partial charge in [0.25, 0.3) is 0 Å². The van der Waals surface area contributed by atoms with E-state index in [1.807, 2.05) is 48.7 Å². The molecular weight excluding hydrogens is 382 g/mol. The van der Waals surface area contributed by atoms with E-state index in [4.69, 9.17) is 9.15 Å². The van der Waals surface area contributed by atoms with Crippen molar-refractivity contribution < 1.29 is 9.15 Å². The second kappa shape index (κ2) is 7.48. The maximum Gasteiger partial charge on any atom is 0.348 e. The predicted octanol–water partition coefficient (Wildman–Crippen LogP) is 6.28. The molecule has 0 radical (unpaired) electrons. The number of fused-ring (bicyclic) bond motifs is 1. The summed E-state index contributed by atoms with van der Waals surface area (Å²) in [6.45, 7) is 9.07. The van der Waals surface area contributed by atoms with Gasteiger partial charge in [-0.05, 0) is 47.7 Å². The van der Waals surface area contributed by atoms with Gasteiger partial charge < -0.3 is 9.15 Å². The summed E-state index contributed by atoms with van der Waals surface area (Å²) in [5.74, 6) is 1.16. The molecule has 0 N–H and O–H groups in total. The van der Waals surface area contributed by atoms with Crippen molar-refractivity contribution in [1.82, 2.24) is 4.98 Å². The van der Waals surface area contributed by atoms with Gasteiger partial charge in [-0.25, -0.2) is 9.78 Å². The Morgan fingerprint density at radius 1 is 1.00 bits per heavy atom. The van der Waals surface area contributed by atoms with E-state index >= 15 is 0 Å². The molecule has 4 nitrogen and oxygen atoms in total. The van der Waals surface area contributed by atoms with E-state index in [2.05, 4.69) is 37.9 Å². The molecule has 0 spiro atoms. The molecule has 0 atom stereocenters.